The fourth-order valence-corrected chi connectivity index (χ4v) is 6.38. The zero-order chi connectivity index (χ0) is 23.7. The number of hydrogen-bond acceptors (Lipinski definition) is 1. The standard InChI is InChI=1S/C33H39N/c1-5-12-23(3)31-22-34-32-16-11-10-15-28(32)29-21-27(18-17-25-13-8-7-9-14-25)26(6-2)20-30(29)33(34)19-24(31)4/h7-9,13-14,19-22,28,32H,3-6,10-12,15-18H2,1-2H3. The summed E-state index contributed by atoms with van der Waals surface area (Å²) >= 11 is 0. The highest BCUT2D eigenvalue weighted by Crippen LogP contribution is 2.49. The summed E-state index contributed by atoms with van der Waals surface area (Å²) in [6, 6.07) is 16.6. The molecule has 2 heterocycles. The van der Waals surface area contributed by atoms with E-state index < -0.39 is 0 Å². The van der Waals surface area contributed by atoms with Gasteiger partial charge in [0.05, 0.1) is 0 Å². The van der Waals surface area contributed by atoms with E-state index >= 15 is 0 Å². The molecule has 3 aliphatic rings. The van der Waals surface area contributed by atoms with Gasteiger partial charge in [-0.1, -0.05) is 82.7 Å². The fraction of sp³-hybridized carbons (Fsp3) is 0.394. The summed E-state index contributed by atoms with van der Waals surface area (Å²) in [4.78, 5) is 2.61. The molecule has 2 aliphatic heterocycles. The number of benzene rings is 2. The third-order valence-electron chi connectivity index (χ3n) is 8.18. The Kier molecular flexibility index (Phi) is 6.63. The van der Waals surface area contributed by atoms with Crippen molar-refractivity contribution >= 4 is 5.70 Å². The number of fused-ring (bicyclic) bond motifs is 6. The molecule has 2 aromatic rings. The molecule has 2 aromatic carbocycles. The lowest BCUT2D eigenvalue weighted by molar-refractivity contribution is 0.239. The summed E-state index contributed by atoms with van der Waals surface area (Å²) in [7, 11) is 0. The molecule has 1 fully saturated rings. The van der Waals surface area contributed by atoms with Crippen LogP contribution in [0.15, 0.2) is 84.6 Å². The molecule has 1 saturated carbocycles. The van der Waals surface area contributed by atoms with Crippen LogP contribution in [0.25, 0.3) is 5.70 Å². The van der Waals surface area contributed by atoms with Crippen LogP contribution < -0.4 is 0 Å². The van der Waals surface area contributed by atoms with Crippen molar-refractivity contribution in [2.45, 2.75) is 83.6 Å². The topological polar surface area (TPSA) is 3.24 Å². The van der Waals surface area contributed by atoms with Crippen LogP contribution in [-0.2, 0) is 19.3 Å². The van der Waals surface area contributed by atoms with Crippen molar-refractivity contribution in [3.8, 4) is 0 Å². The van der Waals surface area contributed by atoms with Gasteiger partial charge in [-0.3, -0.25) is 0 Å². The average Bonchev–Trinajstić information content (AvgIpc) is 2.87. The van der Waals surface area contributed by atoms with Crippen molar-refractivity contribution in [3.05, 3.63) is 112 Å². The molecule has 2 atom stereocenters. The highest BCUT2D eigenvalue weighted by atomic mass is 15.2. The first-order chi connectivity index (χ1) is 16.6. The SMILES string of the molecule is C=C1C=C2c3cc(CC)c(CCc4ccccc4)cc3C3CCCCC3N2C=C1C(=C)CCC. The molecular formula is C33H39N. The van der Waals surface area contributed by atoms with Crippen LogP contribution in [0.1, 0.15) is 86.1 Å². The molecule has 0 spiro atoms. The van der Waals surface area contributed by atoms with Crippen LogP contribution in [0, 0.1) is 0 Å². The Bertz CT molecular complexity index is 1150. The predicted octanol–water partition coefficient (Wildman–Crippen LogP) is 8.53. The second-order valence-electron chi connectivity index (χ2n) is 10.4. The lowest BCUT2D eigenvalue weighted by atomic mass is 9.72. The zero-order valence-electron chi connectivity index (χ0n) is 21.1. The molecule has 1 nitrogen and oxygen atoms in total. The van der Waals surface area contributed by atoms with Gasteiger partial charge in [0.25, 0.3) is 0 Å². The third kappa shape index (κ3) is 4.22. The predicted molar refractivity (Wildman–Crippen MR) is 146 cm³/mol. The van der Waals surface area contributed by atoms with E-state index in [-0.39, 0.29) is 0 Å². The van der Waals surface area contributed by atoms with E-state index in [0.717, 1.165) is 37.7 Å². The molecule has 2 unspecified atom stereocenters. The molecule has 0 radical (unpaired) electrons. The Labute approximate surface area is 206 Å². The van der Waals surface area contributed by atoms with E-state index in [4.69, 9.17) is 0 Å². The first kappa shape index (κ1) is 23.0. The molecule has 1 aliphatic carbocycles. The molecule has 0 N–H and O–H groups in total. The van der Waals surface area contributed by atoms with Gasteiger partial charge in [0, 0.05) is 29.4 Å². The highest BCUT2D eigenvalue weighted by molar-refractivity contribution is 5.78. The minimum atomic E-state index is 0.555. The van der Waals surface area contributed by atoms with E-state index in [9.17, 15) is 0 Å². The average molecular weight is 450 g/mol. The van der Waals surface area contributed by atoms with E-state index in [0.29, 0.717) is 12.0 Å². The summed E-state index contributed by atoms with van der Waals surface area (Å²) in [5, 5.41) is 0. The number of nitrogens with zero attached hydrogens (tertiary/aromatic N) is 1. The van der Waals surface area contributed by atoms with E-state index in [1.54, 1.807) is 11.1 Å². The van der Waals surface area contributed by atoms with E-state index in [2.05, 4.69) is 86.6 Å². The molecule has 0 saturated heterocycles. The largest absolute Gasteiger partial charge is 0.343 e. The first-order valence-electron chi connectivity index (χ1n) is 13.4. The summed E-state index contributed by atoms with van der Waals surface area (Å²) in [5.41, 5.74) is 12.5. The lowest BCUT2D eigenvalue weighted by Crippen LogP contribution is -2.42. The summed E-state index contributed by atoms with van der Waals surface area (Å²) in [5.74, 6) is 0.616. The molecule has 0 aromatic heterocycles. The fourth-order valence-electron chi connectivity index (χ4n) is 6.38. The minimum absolute atomic E-state index is 0.555. The second kappa shape index (κ2) is 9.82. The number of allylic oxidation sites excluding steroid dienone is 4. The molecule has 34 heavy (non-hydrogen) atoms. The van der Waals surface area contributed by atoms with Gasteiger partial charge in [-0.2, -0.15) is 0 Å². The van der Waals surface area contributed by atoms with E-state index in [1.165, 1.54) is 59.2 Å². The third-order valence-corrected chi connectivity index (χ3v) is 8.18. The summed E-state index contributed by atoms with van der Waals surface area (Å²) < 4.78 is 0. The maximum atomic E-state index is 4.46. The highest BCUT2D eigenvalue weighted by Gasteiger charge is 2.40. The van der Waals surface area contributed by atoms with Gasteiger partial charge in [0.1, 0.15) is 0 Å². The molecule has 176 valence electrons. The molecule has 5 rings (SSSR count). The van der Waals surface area contributed by atoms with Crippen LogP contribution in [0.4, 0.5) is 0 Å². The Hall–Kier alpha value is -2.80. The van der Waals surface area contributed by atoms with Gasteiger partial charge < -0.3 is 4.90 Å². The Balaban J connectivity index is 1.55. The van der Waals surface area contributed by atoms with Crippen LogP contribution in [0.2, 0.25) is 0 Å². The van der Waals surface area contributed by atoms with Crippen molar-refractivity contribution in [2.24, 2.45) is 0 Å². The molecule has 1 heteroatoms. The van der Waals surface area contributed by atoms with E-state index in [1.807, 2.05) is 0 Å². The van der Waals surface area contributed by atoms with Crippen molar-refractivity contribution < 1.29 is 0 Å². The van der Waals surface area contributed by atoms with Gasteiger partial charge in [0.2, 0.25) is 0 Å². The second-order valence-corrected chi connectivity index (χ2v) is 10.4. The van der Waals surface area contributed by atoms with Gasteiger partial charge in [-0.05, 0) is 89.6 Å². The van der Waals surface area contributed by atoms with Crippen molar-refractivity contribution in [1.29, 1.82) is 0 Å². The van der Waals surface area contributed by atoms with Gasteiger partial charge in [-0.25, -0.2) is 0 Å². The van der Waals surface area contributed by atoms with Gasteiger partial charge in [-0.15, -0.1) is 0 Å². The van der Waals surface area contributed by atoms with Crippen LogP contribution in [-0.4, -0.2) is 10.9 Å². The quantitative estimate of drug-likeness (QED) is 0.409. The molecule has 0 amide bonds. The monoisotopic (exact) mass is 449 g/mol. The lowest BCUT2D eigenvalue weighted by Gasteiger charge is -2.48. The number of hydrogen-bond donors (Lipinski definition) is 0. The van der Waals surface area contributed by atoms with Crippen molar-refractivity contribution in [1.82, 2.24) is 4.90 Å². The van der Waals surface area contributed by atoms with Crippen LogP contribution in [0.3, 0.4) is 0 Å². The smallest absolute Gasteiger partial charge is 0.0491 e. The summed E-state index contributed by atoms with van der Waals surface area (Å²) in [6.07, 6.45) is 15.5. The van der Waals surface area contributed by atoms with Crippen LogP contribution in [0.5, 0.6) is 0 Å². The van der Waals surface area contributed by atoms with Crippen molar-refractivity contribution in [3.63, 3.8) is 0 Å². The maximum Gasteiger partial charge on any atom is 0.0491 e. The van der Waals surface area contributed by atoms with Crippen molar-refractivity contribution in [2.75, 3.05) is 0 Å². The van der Waals surface area contributed by atoms with Crippen LogP contribution >= 0.6 is 0 Å². The first-order valence-corrected chi connectivity index (χ1v) is 13.4. The Morgan fingerprint density at radius 1 is 1.00 bits per heavy atom. The number of aryl methyl sites for hydroxylation is 3. The number of rotatable bonds is 7. The summed E-state index contributed by atoms with van der Waals surface area (Å²) in [6.45, 7) is 13.4. The normalized spacial score (nSPS) is 21.2. The van der Waals surface area contributed by atoms with Gasteiger partial charge >= 0.3 is 0 Å². The maximum absolute atomic E-state index is 4.46. The Morgan fingerprint density at radius 3 is 2.56 bits per heavy atom. The minimum Gasteiger partial charge on any atom is -0.343 e. The van der Waals surface area contributed by atoms with Gasteiger partial charge in [0.15, 0.2) is 0 Å². The molecule has 0 bridgehead atoms. The Morgan fingerprint density at radius 2 is 1.79 bits per heavy atom. The molecular weight excluding hydrogens is 410 g/mol. The zero-order valence-corrected chi connectivity index (χ0v) is 21.1.